The van der Waals surface area contributed by atoms with E-state index in [0.29, 0.717) is 23.7 Å². The summed E-state index contributed by atoms with van der Waals surface area (Å²) in [5, 5.41) is 3.77. The minimum atomic E-state index is -0.615. The van der Waals surface area contributed by atoms with Crippen molar-refractivity contribution in [2.75, 3.05) is 6.54 Å². The smallest absolute Gasteiger partial charge is 0.329 e. The van der Waals surface area contributed by atoms with Crippen molar-refractivity contribution in [3.8, 4) is 0 Å². The number of nitrogens with zero attached hydrogens (tertiary/aromatic N) is 2. The number of H-pyrrole nitrogens is 1. The van der Waals surface area contributed by atoms with Gasteiger partial charge in [0.05, 0.1) is 10.9 Å². The number of aromatic nitrogens is 3. The Morgan fingerprint density at radius 2 is 2.03 bits per heavy atom. The van der Waals surface area contributed by atoms with Crippen LogP contribution in [0.15, 0.2) is 39.9 Å². The number of pyridine rings is 1. The van der Waals surface area contributed by atoms with E-state index >= 15 is 0 Å². The number of hydrogen-bond donors (Lipinski definition) is 2. The number of benzene rings is 1. The molecule has 0 aliphatic heterocycles. The van der Waals surface area contributed by atoms with Gasteiger partial charge >= 0.3 is 5.69 Å². The molecule has 1 aromatic carbocycles. The Kier molecular flexibility index (Phi) is 4.78. The van der Waals surface area contributed by atoms with Crippen molar-refractivity contribution in [2.24, 2.45) is 7.05 Å². The van der Waals surface area contributed by atoms with Gasteiger partial charge in [0.1, 0.15) is 5.65 Å². The molecule has 1 amide bonds. The van der Waals surface area contributed by atoms with E-state index in [0.717, 1.165) is 18.4 Å². The molecule has 3 aromatic rings. The lowest BCUT2D eigenvalue weighted by Crippen LogP contribution is -2.35. The zero-order valence-electron chi connectivity index (χ0n) is 16.2. The summed E-state index contributed by atoms with van der Waals surface area (Å²) in [4.78, 5) is 44.1. The van der Waals surface area contributed by atoms with Gasteiger partial charge in [-0.1, -0.05) is 36.7 Å². The molecule has 0 spiro atoms. The van der Waals surface area contributed by atoms with E-state index in [1.54, 1.807) is 6.07 Å². The van der Waals surface area contributed by atoms with Gasteiger partial charge in [-0.25, -0.2) is 9.78 Å². The maximum absolute atomic E-state index is 13.1. The fraction of sp³-hybridized carbons (Fsp3) is 0.333. The number of hydrogen-bond acceptors (Lipinski definition) is 4. The van der Waals surface area contributed by atoms with Gasteiger partial charge in [0.25, 0.3) is 11.5 Å². The van der Waals surface area contributed by atoms with E-state index < -0.39 is 11.2 Å². The Morgan fingerprint density at radius 1 is 1.31 bits per heavy atom. The predicted molar refractivity (Wildman–Crippen MR) is 112 cm³/mol. The first-order valence-corrected chi connectivity index (χ1v) is 9.90. The lowest BCUT2D eigenvalue weighted by Gasteiger charge is -2.18. The average Bonchev–Trinajstić information content (AvgIpc) is 3.50. The van der Waals surface area contributed by atoms with Crippen LogP contribution in [-0.4, -0.2) is 27.0 Å². The highest BCUT2D eigenvalue weighted by Crippen LogP contribution is 2.49. The zero-order valence-corrected chi connectivity index (χ0v) is 17.0. The summed E-state index contributed by atoms with van der Waals surface area (Å²) < 4.78 is 1.25. The number of amides is 1. The summed E-state index contributed by atoms with van der Waals surface area (Å²) in [5.74, 6) is -0.366. The van der Waals surface area contributed by atoms with Gasteiger partial charge in [0, 0.05) is 29.7 Å². The molecule has 0 unspecified atom stereocenters. The zero-order chi connectivity index (χ0) is 20.8. The van der Waals surface area contributed by atoms with Crippen LogP contribution >= 0.6 is 11.6 Å². The number of fused-ring (bicyclic) bond motifs is 1. The SMILES string of the molecule is CCc1cc(C(=O)NCC2(c3ccccc3Cl)CC2)c2c(=O)[nH]c(=O)n(C)c2n1. The molecule has 0 radical (unpaired) electrons. The molecule has 1 saturated carbocycles. The fourth-order valence-corrected chi connectivity index (χ4v) is 4.01. The van der Waals surface area contributed by atoms with Gasteiger partial charge in [0.2, 0.25) is 0 Å². The van der Waals surface area contributed by atoms with Crippen molar-refractivity contribution in [1.82, 2.24) is 19.9 Å². The molecule has 4 rings (SSSR count). The minimum absolute atomic E-state index is 0.115. The van der Waals surface area contributed by atoms with Crippen LogP contribution in [-0.2, 0) is 18.9 Å². The lowest BCUT2D eigenvalue weighted by atomic mass is 9.95. The summed E-state index contributed by atoms with van der Waals surface area (Å²) >= 11 is 6.35. The maximum Gasteiger partial charge on any atom is 0.329 e. The molecule has 2 N–H and O–H groups in total. The van der Waals surface area contributed by atoms with Gasteiger partial charge in [0.15, 0.2) is 0 Å². The summed E-state index contributed by atoms with van der Waals surface area (Å²) in [7, 11) is 1.52. The molecule has 29 heavy (non-hydrogen) atoms. The van der Waals surface area contributed by atoms with Crippen LogP contribution < -0.4 is 16.6 Å². The van der Waals surface area contributed by atoms with Crippen LogP contribution in [0.2, 0.25) is 5.02 Å². The van der Waals surface area contributed by atoms with Gasteiger partial charge < -0.3 is 5.32 Å². The topological polar surface area (TPSA) is 96.9 Å². The van der Waals surface area contributed by atoms with Crippen molar-refractivity contribution in [3.05, 3.63) is 73.0 Å². The van der Waals surface area contributed by atoms with Crippen LogP contribution in [0.3, 0.4) is 0 Å². The van der Waals surface area contributed by atoms with Gasteiger partial charge in [-0.05, 0) is 37.0 Å². The van der Waals surface area contributed by atoms with Crippen LogP contribution in [0.4, 0.5) is 0 Å². The van der Waals surface area contributed by atoms with E-state index in [4.69, 9.17) is 11.6 Å². The summed E-state index contributed by atoms with van der Waals surface area (Å²) in [5.41, 5.74) is 0.727. The molecule has 0 bridgehead atoms. The second-order valence-corrected chi connectivity index (χ2v) is 7.88. The number of rotatable bonds is 5. The Balaban J connectivity index is 1.71. The molecular formula is C21H21ClN4O3. The largest absolute Gasteiger partial charge is 0.351 e. The maximum atomic E-state index is 13.1. The number of aryl methyl sites for hydroxylation is 2. The van der Waals surface area contributed by atoms with Gasteiger partial charge in [-0.3, -0.25) is 19.1 Å². The third-order valence-electron chi connectivity index (χ3n) is 5.62. The molecule has 0 saturated heterocycles. The standard InChI is InChI=1S/C21H21ClN4O3/c1-3-12-10-13(16-17(24-12)26(2)20(29)25-19(16)28)18(27)23-11-21(8-9-21)14-6-4-5-7-15(14)22/h4-7,10H,3,8-9,11H2,1-2H3,(H,23,27)(H,25,28,29). The highest BCUT2D eigenvalue weighted by Gasteiger charge is 2.45. The van der Waals surface area contributed by atoms with E-state index in [2.05, 4.69) is 15.3 Å². The number of aromatic amines is 1. The Labute approximate surface area is 171 Å². The predicted octanol–water partition coefficient (Wildman–Crippen LogP) is 2.30. The molecule has 150 valence electrons. The molecule has 1 aliphatic carbocycles. The molecule has 2 heterocycles. The van der Waals surface area contributed by atoms with E-state index in [9.17, 15) is 14.4 Å². The number of carbonyl (C=O) groups excluding carboxylic acids is 1. The van der Waals surface area contributed by atoms with Crippen molar-refractivity contribution >= 4 is 28.5 Å². The van der Waals surface area contributed by atoms with Crippen LogP contribution in [0.5, 0.6) is 0 Å². The molecule has 8 heteroatoms. The quantitative estimate of drug-likeness (QED) is 0.672. The lowest BCUT2D eigenvalue weighted by molar-refractivity contribution is 0.0951. The summed E-state index contributed by atoms with van der Waals surface area (Å²) in [6.07, 6.45) is 2.44. The van der Waals surface area contributed by atoms with Crippen molar-refractivity contribution in [1.29, 1.82) is 0 Å². The molecule has 0 atom stereocenters. The first-order valence-electron chi connectivity index (χ1n) is 9.52. The van der Waals surface area contributed by atoms with E-state index in [-0.39, 0.29) is 27.9 Å². The van der Waals surface area contributed by atoms with Crippen LogP contribution in [0.1, 0.15) is 41.4 Å². The molecular weight excluding hydrogens is 392 g/mol. The van der Waals surface area contributed by atoms with Gasteiger partial charge in [-0.2, -0.15) is 0 Å². The van der Waals surface area contributed by atoms with E-state index in [1.165, 1.54) is 11.6 Å². The highest BCUT2D eigenvalue weighted by atomic mass is 35.5. The number of carbonyl (C=O) groups is 1. The number of nitrogens with one attached hydrogen (secondary N) is 2. The average molecular weight is 413 g/mol. The third kappa shape index (κ3) is 3.35. The third-order valence-corrected chi connectivity index (χ3v) is 5.95. The molecule has 7 nitrogen and oxygen atoms in total. The molecule has 1 aliphatic rings. The van der Waals surface area contributed by atoms with E-state index in [1.807, 2.05) is 31.2 Å². The minimum Gasteiger partial charge on any atom is -0.351 e. The summed E-state index contributed by atoms with van der Waals surface area (Å²) in [6, 6.07) is 9.27. The summed E-state index contributed by atoms with van der Waals surface area (Å²) in [6.45, 7) is 2.32. The second-order valence-electron chi connectivity index (χ2n) is 7.47. The van der Waals surface area contributed by atoms with Crippen LogP contribution in [0, 0.1) is 0 Å². The normalized spacial score (nSPS) is 14.7. The Morgan fingerprint density at radius 3 is 2.69 bits per heavy atom. The highest BCUT2D eigenvalue weighted by molar-refractivity contribution is 6.31. The first kappa shape index (κ1) is 19.4. The molecule has 2 aromatic heterocycles. The van der Waals surface area contributed by atoms with Crippen molar-refractivity contribution in [2.45, 2.75) is 31.6 Å². The number of halogens is 1. The first-order chi connectivity index (χ1) is 13.9. The fourth-order valence-electron chi connectivity index (χ4n) is 3.68. The van der Waals surface area contributed by atoms with Crippen LogP contribution in [0.25, 0.3) is 11.0 Å². The van der Waals surface area contributed by atoms with Crippen molar-refractivity contribution < 1.29 is 4.79 Å². The monoisotopic (exact) mass is 412 g/mol. The Bertz CT molecular complexity index is 1240. The van der Waals surface area contributed by atoms with Crippen molar-refractivity contribution in [3.63, 3.8) is 0 Å². The molecule has 1 fully saturated rings. The van der Waals surface area contributed by atoms with Gasteiger partial charge in [-0.15, -0.1) is 0 Å². The second kappa shape index (κ2) is 7.15. The Hall–Kier alpha value is -2.93.